The second kappa shape index (κ2) is 6.38. The third-order valence-corrected chi connectivity index (χ3v) is 7.26. The molecular weight excluding hydrogens is 368 g/mol. The van der Waals surface area contributed by atoms with Crippen LogP contribution in [0.1, 0.15) is 36.1 Å². The van der Waals surface area contributed by atoms with Gasteiger partial charge in [-0.3, -0.25) is 4.90 Å². The van der Waals surface area contributed by atoms with Gasteiger partial charge in [-0.1, -0.05) is 48.5 Å². The number of fused-ring (bicyclic) bond motifs is 4. The summed E-state index contributed by atoms with van der Waals surface area (Å²) in [6, 6.07) is 17.7. The van der Waals surface area contributed by atoms with Gasteiger partial charge in [0.2, 0.25) is 0 Å². The molecule has 2 atom stereocenters. The Morgan fingerprint density at radius 2 is 1.66 bits per heavy atom. The van der Waals surface area contributed by atoms with Gasteiger partial charge in [0, 0.05) is 29.6 Å². The highest BCUT2D eigenvalue weighted by molar-refractivity contribution is 5.85. The molecule has 152 valence electrons. The number of aromatic nitrogens is 1. The largest absolute Gasteiger partial charge is 0.356 e. The fourth-order valence-corrected chi connectivity index (χ4v) is 5.66. The van der Waals surface area contributed by atoms with Gasteiger partial charge in [-0.25, -0.2) is 8.78 Å². The van der Waals surface area contributed by atoms with Crippen molar-refractivity contribution in [1.29, 1.82) is 0 Å². The highest BCUT2D eigenvalue weighted by Gasteiger charge is 2.64. The zero-order chi connectivity index (χ0) is 20.3. The van der Waals surface area contributed by atoms with Crippen LogP contribution in [-0.4, -0.2) is 36.4 Å². The fourth-order valence-electron chi connectivity index (χ4n) is 5.66. The van der Waals surface area contributed by atoms with Crippen LogP contribution in [0, 0.1) is 0 Å². The van der Waals surface area contributed by atoms with Gasteiger partial charge >= 0.3 is 0 Å². The van der Waals surface area contributed by atoms with Crippen molar-refractivity contribution >= 4 is 10.9 Å². The van der Waals surface area contributed by atoms with Crippen LogP contribution in [0.4, 0.5) is 8.78 Å². The molecule has 1 aliphatic carbocycles. The summed E-state index contributed by atoms with van der Waals surface area (Å²) in [6.07, 6.45) is 1.61. The quantitative estimate of drug-likeness (QED) is 0.654. The fraction of sp³-hybridized carbons (Fsp3) is 0.417. The topological polar surface area (TPSA) is 31.1 Å². The summed E-state index contributed by atoms with van der Waals surface area (Å²) in [5, 5.41) is 4.35. The van der Waals surface area contributed by atoms with Crippen molar-refractivity contribution in [3.63, 3.8) is 0 Å². The molecule has 3 nitrogen and oxygen atoms in total. The van der Waals surface area contributed by atoms with Crippen molar-refractivity contribution in [3.8, 4) is 0 Å². The van der Waals surface area contributed by atoms with E-state index in [-0.39, 0.29) is 6.42 Å². The number of H-pyrrole nitrogens is 1. The van der Waals surface area contributed by atoms with E-state index < -0.39 is 17.0 Å². The number of hydrogen-bond donors (Lipinski definition) is 2. The van der Waals surface area contributed by atoms with Crippen LogP contribution >= 0.6 is 0 Å². The zero-order valence-corrected chi connectivity index (χ0v) is 16.9. The first-order valence-corrected chi connectivity index (χ1v) is 10.4. The third kappa shape index (κ3) is 2.53. The SMILES string of the molecule is CN(C)C1(c2ccccc2)CCC2(NCCc3c2[nH]c2ccccc32)C(F)(F)C1. The van der Waals surface area contributed by atoms with Crippen molar-refractivity contribution in [2.24, 2.45) is 0 Å². The molecule has 0 bridgehead atoms. The van der Waals surface area contributed by atoms with Crippen molar-refractivity contribution in [3.05, 3.63) is 71.4 Å². The molecule has 2 unspecified atom stereocenters. The highest BCUT2D eigenvalue weighted by Crippen LogP contribution is 2.57. The summed E-state index contributed by atoms with van der Waals surface area (Å²) in [5.41, 5.74) is 1.64. The van der Waals surface area contributed by atoms with Crippen LogP contribution < -0.4 is 5.32 Å². The molecule has 0 radical (unpaired) electrons. The lowest BCUT2D eigenvalue weighted by Crippen LogP contribution is -2.65. The van der Waals surface area contributed by atoms with Crippen molar-refractivity contribution in [2.75, 3.05) is 20.6 Å². The predicted molar refractivity (Wildman–Crippen MR) is 112 cm³/mol. The lowest BCUT2D eigenvalue weighted by atomic mass is 9.64. The first-order valence-electron chi connectivity index (χ1n) is 10.4. The molecule has 1 fully saturated rings. The molecule has 2 aromatic carbocycles. The average molecular weight is 395 g/mol. The van der Waals surface area contributed by atoms with Gasteiger partial charge in [-0.05, 0) is 50.6 Å². The molecule has 3 aromatic rings. The van der Waals surface area contributed by atoms with E-state index in [9.17, 15) is 0 Å². The molecular formula is C24H27F2N3. The van der Waals surface area contributed by atoms with E-state index in [0.717, 1.165) is 28.5 Å². The maximum atomic E-state index is 16.2. The number of nitrogens with one attached hydrogen (secondary N) is 2. The summed E-state index contributed by atoms with van der Waals surface area (Å²) < 4.78 is 32.4. The van der Waals surface area contributed by atoms with E-state index in [4.69, 9.17) is 0 Å². The number of para-hydroxylation sites is 1. The molecule has 2 aliphatic rings. The molecule has 1 aliphatic heterocycles. The Bertz CT molecular complexity index is 1040. The lowest BCUT2D eigenvalue weighted by Gasteiger charge is -2.55. The van der Waals surface area contributed by atoms with E-state index in [1.165, 1.54) is 0 Å². The molecule has 2 heterocycles. The monoisotopic (exact) mass is 395 g/mol. The number of rotatable bonds is 2. The Hall–Kier alpha value is -2.24. The molecule has 2 N–H and O–H groups in total. The summed E-state index contributed by atoms with van der Waals surface area (Å²) >= 11 is 0. The van der Waals surface area contributed by atoms with Crippen LogP contribution in [0.5, 0.6) is 0 Å². The first kappa shape index (κ1) is 18.8. The Morgan fingerprint density at radius 1 is 0.931 bits per heavy atom. The van der Waals surface area contributed by atoms with E-state index >= 15 is 8.78 Å². The van der Waals surface area contributed by atoms with Gasteiger partial charge in [0.1, 0.15) is 5.54 Å². The van der Waals surface area contributed by atoms with Crippen LogP contribution in [-0.2, 0) is 17.5 Å². The number of nitrogens with zero attached hydrogens (tertiary/aromatic N) is 1. The Morgan fingerprint density at radius 3 is 2.38 bits per heavy atom. The minimum absolute atomic E-state index is 0.210. The number of hydrogen-bond acceptors (Lipinski definition) is 2. The summed E-state index contributed by atoms with van der Waals surface area (Å²) in [4.78, 5) is 5.36. The summed E-state index contributed by atoms with van der Waals surface area (Å²) in [6.45, 7) is 0.574. The second-order valence-corrected chi connectivity index (χ2v) is 8.78. The number of aromatic amines is 1. The summed E-state index contributed by atoms with van der Waals surface area (Å²) in [5.74, 6) is -2.90. The molecule has 5 rings (SSSR count). The molecule has 1 spiro atoms. The number of halogens is 2. The third-order valence-electron chi connectivity index (χ3n) is 7.26. The average Bonchev–Trinajstić information content (AvgIpc) is 3.10. The highest BCUT2D eigenvalue weighted by atomic mass is 19.3. The lowest BCUT2D eigenvalue weighted by molar-refractivity contribution is -0.167. The molecule has 5 heteroatoms. The van der Waals surface area contributed by atoms with Gasteiger partial charge in [0.05, 0.1) is 5.54 Å². The van der Waals surface area contributed by atoms with Gasteiger partial charge in [-0.2, -0.15) is 0 Å². The van der Waals surface area contributed by atoms with Gasteiger partial charge in [0.25, 0.3) is 5.92 Å². The molecule has 0 saturated heterocycles. The maximum Gasteiger partial charge on any atom is 0.273 e. The molecule has 1 saturated carbocycles. The van der Waals surface area contributed by atoms with Gasteiger partial charge < -0.3 is 10.3 Å². The maximum absolute atomic E-state index is 16.2. The molecule has 1 aromatic heterocycles. The minimum Gasteiger partial charge on any atom is -0.356 e. The number of benzene rings is 2. The van der Waals surface area contributed by atoms with E-state index in [0.29, 0.717) is 25.1 Å². The Kier molecular flexibility index (Phi) is 4.13. The molecule has 0 amide bonds. The van der Waals surface area contributed by atoms with E-state index in [1.807, 2.05) is 73.6 Å². The van der Waals surface area contributed by atoms with Gasteiger partial charge in [0.15, 0.2) is 0 Å². The zero-order valence-electron chi connectivity index (χ0n) is 16.9. The van der Waals surface area contributed by atoms with Crippen LogP contribution in [0.15, 0.2) is 54.6 Å². The van der Waals surface area contributed by atoms with Crippen LogP contribution in [0.3, 0.4) is 0 Å². The van der Waals surface area contributed by atoms with Gasteiger partial charge in [-0.15, -0.1) is 0 Å². The summed E-state index contributed by atoms with van der Waals surface area (Å²) in [7, 11) is 3.84. The first-order chi connectivity index (χ1) is 13.9. The smallest absolute Gasteiger partial charge is 0.273 e. The van der Waals surface area contributed by atoms with Crippen molar-refractivity contribution < 1.29 is 8.78 Å². The Balaban J connectivity index is 1.64. The van der Waals surface area contributed by atoms with Crippen molar-refractivity contribution in [1.82, 2.24) is 15.2 Å². The van der Waals surface area contributed by atoms with Crippen LogP contribution in [0.2, 0.25) is 0 Å². The van der Waals surface area contributed by atoms with E-state index in [2.05, 4.69) is 10.3 Å². The van der Waals surface area contributed by atoms with Crippen LogP contribution in [0.25, 0.3) is 10.9 Å². The van der Waals surface area contributed by atoms with E-state index in [1.54, 1.807) is 0 Å². The van der Waals surface area contributed by atoms with Crippen molar-refractivity contribution in [2.45, 2.75) is 42.7 Å². The Labute approximate surface area is 170 Å². The minimum atomic E-state index is -2.90. The standard InChI is InChI=1S/C24H27F2N3/c1-29(2)22(17-8-4-3-5-9-17)13-14-23(24(25,26)16-22)21-19(12-15-27-23)18-10-6-7-11-20(18)28-21/h3-11,27-28H,12-16H2,1-2H3. The normalized spacial score (nSPS) is 28.7. The molecule has 29 heavy (non-hydrogen) atoms. The number of alkyl halides is 2. The second-order valence-electron chi connectivity index (χ2n) is 8.78. The predicted octanol–water partition coefficient (Wildman–Crippen LogP) is 4.79.